The number of hydrogen-bond donors (Lipinski definition) is 0. The summed E-state index contributed by atoms with van der Waals surface area (Å²) in [5.41, 5.74) is 17.0. The molecule has 0 aliphatic rings. The van der Waals surface area contributed by atoms with Crippen molar-refractivity contribution in [2.24, 2.45) is 0 Å². The molecule has 8 heteroatoms. The fourth-order valence-electron chi connectivity index (χ4n) is 15.2. The molecule has 0 N–H and O–H groups in total. The maximum atomic E-state index is 12.9. The summed E-state index contributed by atoms with van der Waals surface area (Å²) in [5.74, 6) is 0. The van der Waals surface area contributed by atoms with Gasteiger partial charge in [0.25, 0.3) is 0 Å². The third-order valence-electron chi connectivity index (χ3n) is 18.6. The van der Waals surface area contributed by atoms with Gasteiger partial charge in [0.1, 0.15) is 23.3 Å². The highest BCUT2D eigenvalue weighted by molar-refractivity contribution is 6.22. The van der Waals surface area contributed by atoms with Crippen molar-refractivity contribution in [3.8, 4) is 46.3 Å². The van der Waals surface area contributed by atoms with Crippen LogP contribution in [-0.4, -0.2) is 27.4 Å². The van der Waals surface area contributed by atoms with Gasteiger partial charge in [-0.05, 0) is 97.1 Å². The van der Waals surface area contributed by atoms with Gasteiger partial charge in [-0.15, -0.1) is 0 Å². The van der Waals surface area contributed by atoms with Crippen LogP contribution in [0.2, 0.25) is 0 Å². The topological polar surface area (TPSA) is 77.2 Å². The Morgan fingerprint density at radius 2 is 0.386 bits per heavy atom. The van der Waals surface area contributed by atoms with Crippen LogP contribution in [-0.2, 0) is 0 Å². The third-order valence-corrected chi connectivity index (χ3v) is 18.6. The lowest BCUT2D eigenvalue weighted by molar-refractivity contribution is 1.02. The van der Waals surface area contributed by atoms with E-state index in [2.05, 4.69) is 319 Å². The van der Waals surface area contributed by atoms with E-state index in [4.69, 9.17) is 0 Å². The van der Waals surface area contributed by atoms with Gasteiger partial charge in [0.2, 0.25) is 0 Å². The molecule has 0 saturated heterocycles. The van der Waals surface area contributed by atoms with Crippen LogP contribution in [0.15, 0.2) is 279 Å². The lowest BCUT2D eigenvalue weighted by Crippen LogP contribution is -2.17. The first kappa shape index (κ1) is 48.1. The van der Waals surface area contributed by atoms with Crippen LogP contribution < -0.4 is 0 Å². The smallest absolute Gasteiger partial charge is 0.104 e. The van der Waals surface area contributed by atoms with Crippen LogP contribution in [0.1, 0.15) is 11.1 Å². The van der Waals surface area contributed by atoms with Crippen LogP contribution in [0.25, 0.3) is 165 Å². The van der Waals surface area contributed by atoms with Gasteiger partial charge < -0.3 is 27.4 Å². The first-order chi connectivity index (χ1) is 43.7. The first-order valence-corrected chi connectivity index (χ1v) is 29.7. The molecule has 406 valence electrons. The molecular weight excluding hydrogens is 1070 g/mol. The van der Waals surface area contributed by atoms with E-state index in [1.807, 2.05) is 0 Å². The van der Waals surface area contributed by atoms with Crippen LogP contribution in [0.4, 0.5) is 0 Å². The Labute approximate surface area is 502 Å². The van der Waals surface area contributed by atoms with Gasteiger partial charge in [-0.3, -0.25) is 0 Å². The lowest BCUT2D eigenvalue weighted by Gasteiger charge is -2.27. The molecule has 0 saturated carbocycles. The summed E-state index contributed by atoms with van der Waals surface area (Å²) in [6.07, 6.45) is 0. The number of fused-ring (bicyclic) bond motifs is 18. The minimum absolute atomic E-state index is 0.354. The maximum absolute atomic E-state index is 12.9. The van der Waals surface area contributed by atoms with Crippen LogP contribution in [0, 0.1) is 22.7 Å². The third kappa shape index (κ3) is 6.34. The van der Waals surface area contributed by atoms with Crippen LogP contribution >= 0.6 is 0 Å². The van der Waals surface area contributed by atoms with Crippen molar-refractivity contribution in [2.45, 2.75) is 0 Å². The number of nitriles is 2. The monoisotopic (exact) mass is 1120 g/mol. The molecular formula is C80H46N8. The molecule has 0 aliphatic heterocycles. The predicted octanol–water partition coefficient (Wildman–Crippen LogP) is 20.0. The molecule has 0 spiro atoms. The molecule has 0 aliphatic carbocycles. The van der Waals surface area contributed by atoms with Gasteiger partial charge in [-0.25, -0.2) is 0 Å². The predicted molar refractivity (Wildman–Crippen MR) is 362 cm³/mol. The van der Waals surface area contributed by atoms with E-state index < -0.39 is 0 Å². The number of rotatable bonds is 6. The van der Waals surface area contributed by atoms with E-state index in [0.29, 0.717) is 33.9 Å². The number of hydrogen-bond acceptors (Lipinski definition) is 2. The zero-order valence-electron chi connectivity index (χ0n) is 47.1. The number of aromatic nitrogens is 6. The quantitative estimate of drug-likeness (QED) is 0.166. The largest absolute Gasteiger partial charge is 0.309 e. The molecule has 6 heterocycles. The summed E-state index contributed by atoms with van der Waals surface area (Å²) in [6.45, 7) is 0. The molecule has 0 fully saturated rings. The highest BCUT2D eigenvalue weighted by Gasteiger charge is 2.35. The van der Waals surface area contributed by atoms with Crippen molar-refractivity contribution >= 4 is 131 Å². The Morgan fingerprint density at radius 3 is 0.659 bits per heavy atom. The summed E-state index contributed by atoms with van der Waals surface area (Å²) in [6, 6.07) is 105. The van der Waals surface area contributed by atoms with Crippen molar-refractivity contribution in [1.82, 2.24) is 27.4 Å². The van der Waals surface area contributed by atoms with E-state index in [0.717, 1.165) is 142 Å². The Balaban J connectivity index is 1.10. The maximum Gasteiger partial charge on any atom is 0.104 e. The van der Waals surface area contributed by atoms with Crippen LogP contribution in [0.5, 0.6) is 0 Å². The summed E-state index contributed by atoms with van der Waals surface area (Å²) in [4.78, 5) is 0. The van der Waals surface area contributed by atoms with Gasteiger partial charge in [0.15, 0.2) is 0 Å². The number of nitrogens with zero attached hydrogens (tertiary/aromatic N) is 8. The van der Waals surface area contributed by atoms with E-state index in [1.165, 1.54) is 0 Å². The van der Waals surface area contributed by atoms with Gasteiger partial charge >= 0.3 is 0 Å². The molecule has 8 nitrogen and oxygen atoms in total. The van der Waals surface area contributed by atoms with E-state index in [9.17, 15) is 10.5 Å². The molecule has 6 aromatic heterocycles. The Hall–Kier alpha value is -12.4. The van der Waals surface area contributed by atoms with Gasteiger partial charge in [0.05, 0.1) is 88.9 Å². The Bertz CT molecular complexity index is 5950. The summed E-state index contributed by atoms with van der Waals surface area (Å²) in [7, 11) is 0. The second kappa shape index (κ2) is 18.1. The standard InChI is InChI=1S/C80H46N8/c81-47-63-77(85-67-37-17-7-27-51(67)52-28-8-18-38-68(52)85)64(48-82)79(88-72-42-22-14-34-58(72)62-44-74-60(46-76(62)88)56-32-12-16-36-66(56)84(74)50-25-5-2-6-26-50)80(86-69-39-19-9-29-53(69)54-30-10-20-40-70(54)86)78(63)87-71-41-21-13-33-57(71)61-43-73-59(45-75(61)87)55-31-11-15-35-65(55)83(73)49-23-3-1-4-24-49/h1-46H. The second-order valence-corrected chi connectivity index (χ2v) is 23.0. The molecule has 88 heavy (non-hydrogen) atoms. The number of para-hydroxylation sites is 10. The van der Waals surface area contributed by atoms with Crippen molar-refractivity contribution in [3.05, 3.63) is 290 Å². The average Bonchev–Trinajstić information content (AvgIpc) is 1.48. The summed E-state index contributed by atoms with van der Waals surface area (Å²) < 4.78 is 14.0. The van der Waals surface area contributed by atoms with Gasteiger partial charge in [0, 0.05) is 76.0 Å². The highest BCUT2D eigenvalue weighted by Crippen LogP contribution is 2.51. The molecule has 0 atom stereocenters. The zero-order valence-corrected chi connectivity index (χ0v) is 47.1. The fourth-order valence-corrected chi connectivity index (χ4v) is 15.2. The van der Waals surface area contributed by atoms with Crippen molar-refractivity contribution in [3.63, 3.8) is 0 Å². The second-order valence-electron chi connectivity index (χ2n) is 23.0. The number of benzene rings is 13. The van der Waals surface area contributed by atoms with Crippen molar-refractivity contribution in [2.75, 3.05) is 0 Å². The minimum Gasteiger partial charge on any atom is -0.309 e. The van der Waals surface area contributed by atoms with E-state index in [-0.39, 0.29) is 0 Å². The van der Waals surface area contributed by atoms with Gasteiger partial charge in [-0.2, -0.15) is 10.5 Å². The van der Waals surface area contributed by atoms with E-state index in [1.54, 1.807) is 0 Å². The minimum atomic E-state index is 0.354. The normalized spacial score (nSPS) is 12.1. The highest BCUT2D eigenvalue weighted by atomic mass is 15.1. The fraction of sp³-hybridized carbons (Fsp3) is 0. The average molecular weight is 1120 g/mol. The Morgan fingerprint density at radius 1 is 0.182 bits per heavy atom. The zero-order chi connectivity index (χ0) is 57.9. The molecule has 0 unspecified atom stereocenters. The molecule has 0 amide bonds. The lowest BCUT2D eigenvalue weighted by atomic mass is 9.98. The molecule has 0 radical (unpaired) electrons. The molecule has 0 bridgehead atoms. The molecule has 19 rings (SSSR count). The molecule has 19 aromatic rings. The van der Waals surface area contributed by atoms with Crippen molar-refractivity contribution < 1.29 is 0 Å². The first-order valence-electron chi connectivity index (χ1n) is 29.7. The van der Waals surface area contributed by atoms with E-state index >= 15 is 0 Å². The van der Waals surface area contributed by atoms with Gasteiger partial charge in [-0.1, -0.05) is 182 Å². The SMILES string of the molecule is N#Cc1c(-n2c3ccccc3c3ccccc32)c(C#N)c(-n2c3ccccc3c3cc4c(cc32)c2ccccc2n4-c2ccccc2)c(-n2c3ccccc3c3ccccc32)c1-n1c2ccccc2c2cc3c(cc21)c1ccccc1n3-c1ccccc1. The van der Waals surface area contributed by atoms with Crippen molar-refractivity contribution in [1.29, 1.82) is 10.5 Å². The molecule has 13 aromatic carbocycles. The summed E-state index contributed by atoms with van der Waals surface area (Å²) >= 11 is 0. The summed E-state index contributed by atoms with van der Waals surface area (Å²) in [5, 5.41) is 38.4. The Kier molecular flexibility index (Phi) is 9.87. The van der Waals surface area contributed by atoms with Crippen LogP contribution in [0.3, 0.4) is 0 Å².